The van der Waals surface area contributed by atoms with Gasteiger partial charge in [-0.1, -0.05) is 20.8 Å². The summed E-state index contributed by atoms with van der Waals surface area (Å²) in [6, 6.07) is 25.8. The third-order valence-corrected chi connectivity index (χ3v) is 11.2. The average molecular weight is 534 g/mol. The second kappa shape index (κ2) is 8.07. The van der Waals surface area contributed by atoms with Crippen LogP contribution in [-0.4, -0.2) is 27.8 Å². The molecule has 0 amide bonds. The molecule has 0 unspecified atom stereocenters. The number of nitrogens with zero attached hydrogens (tertiary/aromatic N) is 3. The van der Waals surface area contributed by atoms with Gasteiger partial charge in [-0.25, -0.2) is 0 Å². The van der Waals surface area contributed by atoms with Gasteiger partial charge in [-0.3, -0.25) is 0 Å². The zero-order chi connectivity index (χ0) is 25.2. The first-order valence-electron chi connectivity index (χ1n) is 12.5. The van der Waals surface area contributed by atoms with Crippen LogP contribution in [-0.2, 0) is 5.41 Å². The Balaban J connectivity index is 1.67. The van der Waals surface area contributed by atoms with Crippen molar-refractivity contribution in [3.63, 3.8) is 0 Å². The quantitative estimate of drug-likeness (QED) is 0.218. The fourth-order valence-corrected chi connectivity index (χ4v) is 7.26. The Hall–Kier alpha value is -3.38. The van der Waals surface area contributed by atoms with E-state index in [9.17, 15) is 0 Å². The van der Waals surface area contributed by atoms with Crippen LogP contribution in [0.4, 0.5) is 0 Å². The molecule has 3 aromatic heterocycles. The molecule has 36 heavy (non-hydrogen) atoms. The van der Waals surface area contributed by atoms with Crippen LogP contribution in [0.15, 0.2) is 83.4 Å². The molecule has 0 fully saturated rings. The number of furan rings is 1. The molecule has 0 saturated heterocycles. The number of benzene rings is 3. The van der Waals surface area contributed by atoms with Crippen molar-refractivity contribution in [2.75, 3.05) is 0 Å². The number of aromatic nitrogens is 3. The van der Waals surface area contributed by atoms with E-state index in [-0.39, 0.29) is 5.41 Å². The van der Waals surface area contributed by atoms with E-state index >= 15 is 0 Å². The normalized spacial score (nSPS) is 12.7. The molecule has 180 valence electrons. The summed E-state index contributed by atoms with van der Waals surface area (Å²) in [6.07, 6.45) is 1.90. The van der Waals surface area contributed by atoms with E-state index in [4.69, 9.17) is 14.4 Å². The zero-order valence-corrected chi connectivity index (χ0v) is 23.9. The Morgan fingerprint density at radius 1 is 0.833 bits per heavy atom. The zero-order valence-electron chi connectivity index (χ0n) is 21.8. The van der Waals surface area contributed by atoms with Crippen molar-refractivity contribution >= 4 is 50.6 Å². The van der Waals surface area contributed by atoms with Gasteiger partial charge in [-0.05, 0) is 0 Å². The third kappa shape index (κ3) is 3.75. The average Bonchev–Trinajstić information content (AvgIpc) is 3.41. The second-order valence-electron chi connectivity index (χ2n) is 11.7. The molecular formula is C31H31GeN3O. The van der Waals surface area contributed by atoms with Gasteiger partial charge < -0.3 is 0 Å². The van der Waals surface area contributed by atoms with Crippen molar-refractivity contribution in [1.29, 1.82) is 0 Å². The number of hydrogen-bond donors (Lipinski definition) is 0. The topological polar surface area (TPSA) is 43.9 Å². The molecule has 4 nitrogen and oxygen atoms in total. The van der Waals surface area contributed by atoms with Gasteiger partial charge in [0.15, 0.2) is 0 Å². The van der Waals surface area contributed by atoms with Gasteiger partial charge >= 0.3 is 194 Å². The molecule has 0 saturated carbocycles. The van der Waals surface area contributed by atoms with Gasteiger partial charge in [0.2, 0.25) is 0 Å². The summed E-state index contributed by atoms with van der Waals surface area (Å²) < 4.78 is 10.3. The van der Waals surface area contributed by atoms with Crippen LogP contribution in [0, 0.1) is 0 Å². The van der Waals surface area contributed by atoms with Crippen LogP contribution in [0.3, 0.4) is 0 Å². The number of hydrogen-bond acceptors (Lipinski definition) is 3. The molecule has 3 heterocycles. The number of fused-ring (bicyclic) bond motifs is 4. The van der Waals surface area contributed by atoms with Crippen LogP contribution in [0.5, 0.6) is 0 Å². The Labute approximate surface area is 214 Å². The molecule has 0 atom stereocenters. The Morgan fingerprint density at radius 2 is 1.61 bits per heavy atom. The van der Waals surface area contributed by atoms with Gasteiger partial charge in [0.05, 0.1) is 0 Å². The Morgan fingerprint density at radius 3 is 2.33 bits per heavy atom. The van der Waals surface area contributed by atoms with Crippen molar-refractivity contribution in [1.82, 2.24) is 14.5 Å². The number of imidazole rings is 1. The first-order valence-corrected chi connectivity index (χ1v) is 19.9. The first kappa shape index (κ1) is 23.0. The molecule has 0 N–H and O–H groups in total. The van der Waals surface area contributed by atoms with Gasteiger partial charge in [-0.15, -0.1) is 0 Å². The summed E-state index contributed by atoms with van der Waals surface area (Å²) in [5.41, 5.74) is 6.79. The molecular weight excluding hydrogens is 503 g/mol. The van der Waals surface area contributed by atoms with E-state index in [2.05, 4.69) is 109 Å². The second-order valence-corrected chi connectivity index (χ2v) is 22.3. The molecule has 5 heteroatoms. The third-order valence-electron chi connectivity index (χ3n) is 6.93. The van der Waals surface area contributed by atoms with Crippen molar-refractivity contribution < 1.29 is 4.42 Å². The molecule has 0 aliphatic carbocycles. The van der Waals surface area contributed by atoms with Crippen molar-refractivity contribution in [2.45, 2.75) is 43.5 Å². The summed E-state index contributed by atoms with van der Waals surface area (Å²) in [7, 11) is 0. The molecule has 0 bridgehead atoms. The van der Waals surface area contributed by atoms with Crippen molar-refractivity contribution in [2.24, 2.45) is 0 Å². The predicted octanol–water partition coefficient (Wildman–Crippen LogP) is 7.83. The van der Waals surface area contributed by atoms with E-state index in [1.54, 1.807) is 0 Å². The number of para-hydroxylation sites is 2. The maximum absolute atomic E-state index is 6.60. The fourth-order valence-electron chi connectivity index (χ4n) is 4.85. The first-order chi connectivity index (χ1) is 17.1. The molecule has 3 aromatic carbocycles. The Kier molecular flexibility index (Phi) is 5.17. The summed E-state index contributed by atoms with van der Waals surface area (Å²) in [6.45, 7) is 6.57. The molecule has 6 rings (SSSR count). The van der Waals surface area contributed by atoms with E-state index in [1.807, 2.05) is 12.3 Å². The summed E-state index contributed by atoms with van der Waals surface area (Å²) in [4.78, 5) is 9.86. The minimum absolute atomic E-state index is 0.0614. The maximum atomic E-state index is 6.60. The Bertz CT molecular complexity index is 1750. The van der Waals surface area contributed by atoms with Crippen LogP contribution >= 0.6 is 0 Å². The van der Waals surface area contributed by atoms with E-state index in [1.165, 1.54) is 4.40 Å². The van der Waals surface area contributed by atoms with E-state index in [0.717, 1.165) is 55.7 Å². The van der Waals surface area contributed by atoms with Crippen LogP contribution in [0.1, 0.15) is 26.5 Å². The van der Waals surface area contributed by atoms with E-state index in [0.29, 0.717) is 0 Å². The monoisotopic (exact) mass is 535 g/mol. The molecule has 0 aliphatic heterocycles. The van der Waals surface area contributed by atoms with Crippen molar-refractivity contribution in [3.05, 3.63) is 84.7 Å². The van der Waals surface area contributed by atoms with Crippen LogP contribution < -0.4 is 4.40 Å². The fraction of sp³-hybridized carbons (Fsp3) is 0.226. The van der Waals surface area contributed by atoms with Crippen LogP contribution in [0.25, 0.3) is 50.0 Å². The summed E-state index contributed by atoms with van der Waals surface area (Å²) >= 11 is -1.98. The minimum atomic E-state index is -1.98. The van der Waals surface area contributed by atoms with Gasteiger partial charge in [0, 0.05) is 0 Å². The summed E-state index contributed by atoms with van der Waals surface area (Å²) in [5, 5.41) is 2.27. The molecule has 0 spiro atoms. The summed E-state index contributed by atoms with van der Waals surface area (Å²) in [5.74, 6) is 8.11. The number of pyridine rings is 1. The molecule has 6 aromatic rings. The number of rotatable bonds is 3. The van der Waals surface area contributed by atoms with Gasteiger partial charge in [0.25, 0.3) is 0 Å². The standard InChI is InChI=1S/C31H31GeN3O/c1-31(2,3)28-18-26-25(19-33-28)34-30(35(26)21-11-8-7-9-12-21)24-14-10-13-23-22-16-15-20(32(4,5)6)17-27(22)36-29(23)24/h7-19H,1-6H3. The van der Waals surface area contributed by atoms with E-state index < -0.39 is 13.3 Å². The SMILES string of the molecule is CC(C)(C)c1cc2c(cn1)nc(-c1cccc3c1oc1c[c]([Ge]([CH3])([CH3])[CH3])ccc13)n2-c1ccccc1. The predicted molar refractivity (Wildman–Crippen MR) is 153 cm³/mol. The van der Waals surface area contributed by atoms with Gasteiger partial charge in [-0.2, -0.15) is 0 Å². The van der Waals surface area contributed by atoms with Gasteiger partial charge in [0.1, 0.15) is 0 Å². The molecule has 0 radical (unpaired) electrons. The molecule has 0 aliphatic rings. The van der Waals surface area contributed by atoms with Crippen LogP contribution in [0.2, 0.25) is 17.3 Å². The van der Waals surface area contributed by atoms with Crippen molar-refractivity contribution in [3.8, 4) is 17.1 Å².